The van der Waals surface area contributed by atoms with Crippen LogP contribution in [-0.4, -0.2) is 0 Å². The molecule has 0 aromatic rings. The summed E-state index contributed by atoms with van der Waals surface area (Å²) in [6.07, 6.45) is 15.3. The predicted molar refractivity (Wildman–Crippen MR) is 94.1 cm³/mol. The van der Waals surface area contributed by atoms with Gasteiger partial charge in [0.1, 0.15) is 0 Å². The molecule has 0 heteroatoms. The highest BCUT2D eigenvalue weighted by Crippen LogP contribution is 2.21. The quantitative estimate of drug-likeness (QED) is 0.332. The van der Waals surface area contributed by atoms with Crippen LogP contribution in [0.1, 0.15) is 86.0 Å². The van der Waals surface area contributed by atoms with E-state index >= 15 is 0 Å². The Labute approximate surface area is 128 Å². The molecule has 0 aliphatic heterocycles. The molecule has 0 aromatic carbocycles. The molecule has 0 fully saturated rings. The second-order valence-electron chi connectivity index (χ2n) is 7.20. The first kappa shape index (κ1) is 19.5. The smallest absolute Gasteiger partial charge is 0.0342 e. The molecular formula is C20H38. The SMILES string of the molecule is C=C/C(C)=C/CCC(C)CCCC(C)CCCC(C)C. The van der Waals surface area contributed by atoms with Crippen molar-refractivity contribution in [3.8, 4) is 0 Å². The summed E-state index contributed by atoms with van der Waals surface area (Å²) in [5, 5.41) is 0. The first-order chi connectivity index (χ1) is 9.45. The van der Waals surface area contributed by atoms with E-state index in [0.29, 0.717) is 0 Å². The van der Waals surface area contributed by atoms with Crippen molar-refractivity contribution in [3.63, 3.8) is 0 Å². The first-order valence-corrected chi connectivity index (χ1v) is 8.74. The van der Waals surface area contributed by atoms with Gasteiger partial charge < -0.3 is 0 Å². The maximum Gasteiger partial charge on any atom is -0.0342 e. The average Bonchev–Trinajstić information content (AvgIpc) is 2.38. The number of allylic oxidation sites excluding steroid dienone is 3. The van der Waals surface area contributed by atoms with Gasteiger partial charge >= 0.3 is 0 Å². The number of rotatable bonds is 12. The molecule has 0 aliphatic rings. The van der Waals surface area contributed by atoms with Crippen LogP contribution in [0.3, 0.4) is 0 Å². The molecule has 0 bridgehead atoms. The third-order valence-electron chi connectivity index (χ3n) is 4.32. The van der Waals surface area contributed by atoms with Gasteiger partial charge in [0, 0.05) is 0 Å². The Morgan fingerprint density at radius 3 is 1.85 bits per heavy atom. The highest BCUT2D eigenvalue weighted by atomic mass is 14.1. The Kier molecular flexibility index (Phi) is 11.9. The lowest BCUT2D eigenvalue weighted by molar-refractivity contribution is 0.393. The van der Waals surface area contributed by atoms with Crippen LogP contribution in [0.4, 0.5) is 0 Å². The standard InChI is InChI=1S/C20H38/c1-7-18(4)12-9-14-20(6)16-10-15-19(5)13-8-11-17(2)3/h7,12,17,19-20H,1,8-11,13-16H2,2-6H3/b18-12+. The number of hydrogen-bond acceptors (Lipinski definition) is 0. The third kappa shape index (κ3) is 12.5. The lowest BCUT2D eigenvalue weighted by atomic mass is 9.92. The fourth-order valence-corrected chi connectivity index (χ4v) is 2.66. The molecule has 0 rings (SSSR count). The van der Waals surface area contributed by atoms with Crippen LogP contribution in [0.25, 0.3) is 0 Å². The van der Waals surface area contributed by atoms with E-state index in [1.165, 1.54) is 56.9 Å². The van der Waals surface area contributed by atoms with Crippen molar-refractivity contribution >= 4 is 0 Å². The lowest BCUT2D eigenvalue weighted by Gasteiger charge is -2.14. The Morgan fingerprint density at radius 2 is 1.35 bits per heavy atom. The average molecular weight is 279 g/mol. The summed E-state index contributed by atoms with van der Waals surface area (Å²) in [4.78, 5) is 0. The van der Waals surface area contributed by atoms with Gasteiger partial charge in [0.05, 0.1) is 0 Å². The van der Waals surface area contributed by atoms with Gasteiger partial charge in [-0.2, -0.15) is 0 Å². The summed E-state index contributed by atoms with van der Waals surface area (Å²) >= 11 is 0. The Hall–Kier alpha value is -0.520. The van der Waals surface area contributed by atoms with E-state index in [1.807, 2.05) is 6.08 Å². The highest BCUT2D eigenvalue weighted by Gasteiger charge is 2.06. The molecule has 0 heterocycles. The van der Waals surface area contributed by atoms with Gasteiger partial charge in [0.15, 0.2) is 0 Å². The van der Waals surface area contributed by atoms with Gasteiger partial charge in [-0.1, -0.05) is 90.5 Å². The van der Waals surface area contributed by atoms with Gasteiger partial charge in [0.25, 0.3) is 0 Å². The van der Waals surface area contributed by atoms with Gasteiger partial charge in [0.2, 0.25) is 0 Å². The summed E-state index contributed by atoms with van der Waals surface area (Å²) in [5.41, 5.74) is 1.32. The van der Waals surface area contributed by atoms with Crippen LogP contribution in [-0.2, 0) is 0 Å². The first-order valence-electron chi connectivity index (χ1n) is 8.74. The summed E-state index contributed by atoms with van der Waals surface area (Å²) in [5.74, 6) is 2.66. The van der Waals surface area contributed by atoms with E-state index < -0.39 is 0 Å². The highest BCUT2D eigenvalue weighted by molar-refractivity contribution is 5.12. The molecule has 0 nitrogen and oxygen atoms in total. The van der Waals surface area contributed by atoms with Gasteiger partial charge in [-0.3, -0.25) is 0 Å². The summed E-state index contributed by atoms with van der Waals surface area (Å²) in [7, 11) is 0. The van der Waals surface area contributed by atoms with Crippen LogP contribution in [0.5, 0.6) is 0 Å². The maximum absolute atomic E-state index is 3.79. The van der Waals surface area contributed by atoms with Crippen LogP contribution < -0.4 is 0 Å². The Balaban J connectivity index is 3.55. The zero-order valence-electron chi connectivity index (χ0n) is 14.8. The van der Waals surface area contributed by atoms with E-state index in [4.69, 9.17) is 0 Å². The van der Waals surface area contributed by atoms with E-state index in [0.717, 1.165) is 17.8 Å². The van der Waals surface area contributed by atoms with E-state index in [2.05, 4.69) is 47.3 Å². The minimum atomic E-state index is 0.867. The molecule has 20 heavy (non-hydrogen) atoms. The van der Waals surface area contributed by atoms with E-state index in [9.17, 15) is 0 Å². The summed E-state index contributed by atoms with van der Waals surface area (Å²) in [6.45, 7) is 15.4. The largest absolute Gasteiger partial charge is 0.0988 e. The van der Waals surface area contributed by atoms with Gasteiger partial charge in [-0.25, -0.2) is 0 Å². The van der Waals surface area contributed by atoms with Crippen LogP contribution >= 0.6 is 0 Å². The number of hydrogen-bond donors (Lipinski definition) is 0. The van der Waals surface area contributed by atoms with Crippen molar-refractivity contribution in [2.45, 2.75) is 86.0 Å². The van der Waals surface area contributed by atoms with E-state index in [-0.39, 0.29) is 0 Å². The molecule has 0 aliphatic carbocycles. The molecule has 0 radical (unpaired) electrons. The molecule has 0 saturated heterocycles. The van der Waals surface area contributed by atoms with Gasteiger partial charge in [-0.05, 0) is 37.5 Å². The van der Waals surface area contributed by atoms with Crippen molar-refractivity contribution in [3.05, 3.63) is 24.3 Å². The molecule has 0 aromatic heterocycles. The topological polar surface area (TPSA) is 0 Å². The second kappa shape index (κ2) is 12.2. The van der Waals surface area contributed by atoms with Gasteiger partial charge in [-0.15, -0.1) is 0 Å². The Bertz CT molecular complexity index is 259. The van der Waals surface area contributed by atoms with Crippen LogP contribution in [0.2, 0.25) is 0 Å². The van der Waals surface area contributed by atoms with Crippen molar-refractivity contribution in [1.82, 2.24) is 0 Å². The summed E-state index contributed by atoms with van der Waals surface area (Å²) in [6, 6.07) is 0. The molecule has 0 saturated carbocycles. The third-order valence-corrected chi connectivity index (χ3v) is 4.32. The molecule has 0 spiro atoms. The molecule has 0 N–H and O–H groups in total. The van der Waals surface area contributed by atoms with Crippen molar-refractivity contribution < 1.29 is 0 Å². The monoisotopic (exact) mass is 278 g/mol. The molecule has 0 amide bonds. The van der Waals surface area contributed by atoms with Crippen molar-refractivity contribution in [2.75, 3.05) is 0 Å². The van der Waals surface area contributed by atoms with Crippen molar-refractivity contribution in [2.24, 2.45) is 17.8 Å². The minimum absolute atomic E-state index is 0.867. The minimum Gasteiger partial charge on any atom is -0.0988 e. The lowest BCUT2D eigenvalue weighted by Crippen LogP contribution is -2.00. The van der Waals surface area contributed by atoms with Crippen LogP contribution in [0.15, 0.2) is 24.3 Å². The fourth-order valence-electron chi connectivity index (χ4n) is 2.66. The molecule has 2 unspecified atom stereocenters. The maximum atomic E-state index is 3.79. The predicted octanol–water partition coefficient (Wildman–Crippen LogP) is 7.17. The Morgan fingerprint density at radius 1 is 0.850 bits per heavy atom. The molecule has 2 atom stereocenters. The summed E-state index contributed by atoms with van der Waals surface area (Å²) < 4.78 is 0. The normalized spacial score (nSPS) is 15.4. The molecular weight excluding hydrogens is 240 g/mol. The zero-order valence-corrected chi connectivity index (χ0v) is 14.8. The van der Waals surface area contributed by atoms with E-state index in [1.54, 1.807) is 0 Å². The second-order valence-corrected chi connectivity index (χ2v) is 7.20. The fraction of sp³-hybridized carbons (Fsp3) is 0.800. The zero-order chi connectivity index (χ0) is 15.4. The molecule has 118 valence electrons. The van der Waals surface area contributed by atoms with Crippen molar-refractivity contribution in [1.29, 1.82) is 0 Å². The van der Waals surface area contributed by atoms with Crippen LogP contribution in [0, 0.1) is 17.8 Å².